The fourth-order valence-electron chi connectivity index (χ4n) is 3.79. The summed E-state index contributed by atoms with van der Waals surface area (Å²) in [6.07, 6.45) is 5.61. The maximum Gasteiger partial charge on any atom is 0.408 e. The van der Waals surface area contributed by atoms with Gasteiger partial charge in [-0.15, -0.1) is 5.10 Å². The van der Waals surface area contributed by atoms with Crippen LogP contribution in [0.2, 0.25) is 0 Å². The lowest BCUT2D eigenvalue weighted by atomic mass is 9.93. The minimum Gasteiger partial charge on any atom is -0.365 e. The zero-order chi connectivity index (χ0) is 29.8. The zero-order valence-corrected chi connectivity index (χ0v) is 25.1. The Balaban J connectivity index is 0.000000874. The summed E-state index contributed by atoms with van der Waals surface area (Å²) < 4.78 is 42.6. The van der Waals surface area contributed by atoms with Gasteiger partial charge >= 0.3 is 6.18 Å². The first-order chi connectivity index (χ1) is 18.8. The summed E-state index contributed by atoms with van der Waals surface area (Å²) in [4.78, 5) is 9.09. The first kappa shape index (κ1) is 33.7. The average Bonchev–Trinajstić information content (AvgIpc) is 3.64. The summed E-state index contributed by atoms with van der Waals surface area (Å²) in [5, 5.41) is 12.3. The third-order valence-corrected chi connectivity index (χ3v) is 5.61. The van der Waals surface area contributed by atoms with Gasteiger partial charge < -0.3 is 9.88 Å². The number of nitrogens with one attached hydrogen (secondary N) is 1. The molecule has 0 aliphatic heterocycles. The molecule has 4 aromatic rings. The molecule has 0 bridgehead atoms. The lowest BCUT2D eigenvalue weighted by Gasteiger charge is -2.27. The van der Waals surface area contributed by atoms with Crippen molar-refractivity contribution in [3.63, 3.8) is 0 Å². The summed E-state index contributed by atoms with van der Waals surface area (Å²) in [5.41, 5.74) is 2.81. The van der Waals surface area contributed by atoms with E-state index in [0.29, 0.717) is 34.8 Å². The second-order valence-corrected chi connectivity index (χ2v) is 7.89. The van der Waals surface area contributed by atoms with Crippen LogP contribution in [0.5, 0.6) is 0 Å². The molecule has 1 saturated carbocycles. The minimum atomic E-state index is -4.33. The summed E-state index contributed by atoms with van der Waals surface area (Å²) in [6, 6.07) is 1.93. The smallest absolute Gasteiger partial charge is 0.365 e. The largest absolute Gasteiger partial charge is 0.408 e. The van der Waals surface area contributed by atoms with Crippen LogP contribution < -0.4 is 5.32 Å². The van der Waals surface area contributed by atoms with Crippen molar-refractivity contribution in [1.82, 2.24) is 33.9 Å². The van der Waals surface area contributed by atoms with Crippen molar-refractivity contribution < 1.29 is 13.2 Å². The van der Waals surface area contributed by atoms with Gasteiger partial charge in [0.25, 0.3) is 0 Å². The predicted octanol–water partition coefficient (Wildman–Crippen LogP) is 7.93. The number of hydrogen-bond donors (Lipinski definition) is 1. The Bertz CT molecular complexity index is 1250. The molecule has 5 rings (SSSR count). The molecule has 4 aromatic heterocycles. The van der Waals surface area contributed by atoms with Crippen molar-refractivity contribution in [2.75, 3.05) is 5.32 Å². The molecule has 1 N–H and O–H groups in total. The molecule has 0 radical (unpaired) electrons. The van der Waals surface area contributed by atoms with Crippen LogP contribution in [0.3, 0.4) is 0 Å². The van der Waals surface area contributed by atoms with E-state index in [0.717, 1.165) is 28.6 Å². The molecule has 0 saturated heterocycles. The number of aryl methyl sites for hydroxylation is 2. The number of nitrogens with zero attached hydrogens (tertiary/aromatic N) is 7. The van der Waals surface area contributed by atoms with E-state index >= 15 is 0 Å². The van der Waals surface area contributed by atoms with E-state index < -0.39 is 12.7 Å². The van der Waals surface area contributed by atoms with Gasteiger partial charge in [-0.1, -0.05) is 55.4 Å². The van der Waals surface area contributed by atoms with Crippen LogP contribution in [0.15, 0.2) is 30.9 Å². The van der Waals surface area contributed by atoms with Crippen molar-refractivity contribution >= 4 is 11.3 Å². The number of imidazole rings is 1. The molecular formula is C28H45F3N8. The number of halogens is 3. The van der Waals surface area contributed by atoms with Gasteiger partial charge in [0.05, 0.1) is 5.69 Å². The van der Waals surface area contributed by atoms with Gasteiger partial charge in [-0.05, 0) is 37.8 Å². The number of alkyl halides is 3. The monoisotopic (exact) mass is 550 g/mol. The first-order valence-electron chi connectivity index (χ1n) is 14.0. The highest BCUT2D eigenvalue weighted by molar-refractivity contribution is 5.82. The quantitative estimate of drug-likeness (QED) is 0.273. The second kappa shape index (κ2) is 15.9. The highest BCUT2D eigenvalue weighted by atomic mass is 19.4. The van der Waals surface area contributed by atoms with Gasteiger partial charge in [0.15, 0.2) is 11.6 Å². The first-order valence-corrected chi connectivity index (χ1v) is 14.0. The maximum atomic E-state index is 12.7. The normalized spacial score (nSPS) is 12.4. The van der Waals surface area contributed by atoms with Crippen LogP contribution in [-0.4, -0.2) is 46.1 Å². The summed E-state index contributed by atoms with van der Waals surface area (Å²) in [5.74, 6) is 1.78. The van der Waals surface area contributed by atoms with Gasteiger partial charge in [-0.3, -0.25) is 4.68 Å². The Morgan fingerprint density at radius 1 is 0.974 bits per heavy atom. The lowest BCUT2D eigenvalue weighted by Crippen LogP contribution is -2.28. The van der Waals surface area contributed by atoms with Crippen LogP contribution >= 0.6 is 0 Å². The number of hydrogen-bond acceptors (Lipinski definition) is 5. The number of rotatable bonds is 5. The van der Waals surface area contributed by atoms with Crippen LogP contribution in [-0.2, 0) is 13.6 Å². The van der Waals surface area contributed by atoms with Gasteiger partial charge in [-0.25, -0.2) is 14.5 Å². The van der Waals surface area contributed by atoms with Crippen LogP contribution in [0.1, 0.15) is 80.2 Å². The highest BCUT2D eigenvalue weighted by Gasteiger charge is 2.29. The van der Waals surface area contributed by atoms with Crippen LogP contribution in [0.4, 0.5) is 19.0 Å². The fraction of sp³-hybridized carbons (Fsp3) is 0.571. The molecule has 218 valence electrons. The van der Waals surface area contributed by atoms with Crippen molar-refractivity contribution in [1.29, 1.82) is 0 Å². The van der Waals surface area contributed by atoms with Gasteiger partial charge in [-0.2, -0.15) is 18.3 Å². The van der Waals surface area contributed by atoms with Crippen molar-refractivity contribution in [2.24, 2.45) is 7.05 Å². The van der Waals surface area contributed by atoms with E-state index in [4.69, 9.17) is 4.98 Å². The molecule has 8 nitrogen and oxygen atoms in total. The van der Waals surface area contributed by atoms with E-state index in [1.807, 2.05) is 80.1 Å². The minimum absolute atomic E-state index is 0.344. The Hall–Kier alpha value is -3.37. The molecule has 0 spiro atoms. The Labute approximate surface area is 230 Å². The Kier molecular flexibility index (Phi) is 13.7. The fourth-order valence-corrected chi connectivity index (χ4v) is 3.79. The molecule has 0 aromatic carbocycles. The molecule has 0 atom stereocenters. The Morgan fingerprint density at radius 3 is 2.13 bits per heavy atom. The van der Waals surface area contributed by atoms with Gasteiger partial charge in [0.2, 0.25) is 5.82 Å². The topological polar surface area (TPSA) is 77.9 Å². The number of anilines is 1. The standard InChI is InChI=1S/C20H21F3N8.4C2H6/c1-12-14(15-6-8-30(27-15)11-20(21,22)23)10-31-16(12)17(25-13-4-3-5-13)26-18(28-31)19-24-7-9-29(19)2;4*1-2/h6-10,13H,3-5,11H2,1-2H3,(H,25,26,28);4*1-2H3. The van der Waals surface area contributed by atoms with E-state index in [1.165, 1.54) is 12.6 Å². The molecule has 0 amide bonds. The van der Waals surface area contributed by atoms with E-state index in [-0.39, 0.29) is 0 Å². The summed E-state index contributed by atoms with van der Waals surface area (Å²) in [6.45, 7) is 16.8. The maximum absolute atomic E-state index is 12.7. The van der Waals surface area contributed by atoms with Crippen molar-refractivity contribution in [3.05, 3.63) is 36.4 Å². The molecule has 0 unspecified atom stereocenters. The third-order valence-electron chi connectivity index (χ3n) is 5.61. The Morgan fingerprint density at radius 2 is 1.62 bits per heavy atom. The number of fused-ring (bicyclic) bond motifs is 1. The van der Waals surface area contributed by atoms with Crippen molar-refractivity contribution in [3.8, 4) is 22.9 Å². The highest BCUT2D eigenvalue weighted by Crippen LogP contribution is 2.33. The second-order valence-electron chi connectivity index (χ2n) is 7.89. The molecular weight excluding hydrogens is 505 g/mol. The molecule has 1 aliphatic rings. The zero-order valence-electron chi connectivity index (χ0n) is 25.1. The summed E-state index contributed by atoms with van der Waals surface area (Å²) in [7, 11) is 1.87. The predicted molar refractivity (Wildman–Crippen MR) is 154 cm³/mol. The van der Waals surface area contributed by atoms with Crippen LogP contribution in [0.25, 0.3) is 28.4 Å². The van der Waals surface area contributed by atoms with Crippen molar-refractivity contribution in [2.45, 2.75) is 100 Å². The van der Waals surface area contributed by atoms with E-state index in [1.54, 1.807) is 23.0 Å². The van der Waals surface area contributed by atoms with Gasteiger partial charge in [0.1, 0.15) is 12.1 Å². The third kappa shape index (κ3) is 8.31. The van der Waals surface area contributed by atoms with Crippen LogP contribution in [0, 0.1) is 6.92 Å². The van der Waals surface area contributed by atoms with E-state index in [2.05, 4.69) is 20.5 Å². The lowest BCUT2D eigenvalue weighted by molar-refractivity contribution is -0.142. The molecule has 1 aliphatic carbocycles. The SMILES string of the molecule is CC.CC.CC.CC.Cc1c(-c2ccn(CC(F)(F)F)n2)cn2nc(-c3nccn3C)nc(NC3CCC3)c12. The summed E-state index contributed by atoms with van der Waals surface area (Å²) >= 11 is 0. The molecule has 11 heteroatoms. The molecule has 39 heavy (non-hydrogen) atoms. The number of aromatic nitrogens is 7. The molecule has 1 fully saturated rings. The van der Waals surface area contributed by atoms with E-state index in [9.17, 15) is 13.2 Å². The average molecular weight is 551 g/mol. The molecule has 4 heterocycles. The van der Waals surface area contributed by atoms with Gasteiger partial charge in [0, 0.05) is 43.4 Å².